The number of ether oxygens (including phenoxy) is 1. The predicted octanol–water partition coefficient (Wildman–Crippen LogP) is 5.69. The number of aromatic nitrogens is 3. The first-order valence-electron chi connectivity index (χ1n) is 8.55. The molecule has 7 heteroatoms. The molecule has 1 N–H and O–H groups in total. The van der Waals surface area contributed by atoms with E-state index in [1.807, 2.05) is 19.2 Å². The van der Waals surface area contributed by atoms with Gasteiger partial charge in [0.1, 0.15) is 22.2 Å². The Morgan fingerprint density at radius 1 is 1.22 bits per heavy atom. The Morgan fingerprint density at radius 3 is 2.63 bits per heavy atom. The number of aryl methyl sites for hydroxylation is 2. The van der Waals surface area contributed by atoms with Gasteiger partial charge in [0.05, 0.1) is 10.8 Å². The molecule has 27 heavy (non-hydrogen) atoms. The number of nitrogens with one attached hydrogen (secondary N) is 1. The standard InChI is InChI=1S/C20H22N4OS2/c1-6-25-14(4)17-19(26-5)27-18(24-17)16-7-8-21-20(23-16)22-15-10-12(2)9-13(3)11-15/h7-11H,4,6H2,1-3,5H3,(H,21,22,23). The second kappa shape index (κ2) is 8.54. The van der Waals surface area contributed by atoms with E-state index >= 15 is 0 Å². The summed E-state index contributed by atoms with van der Waals surface area (Å²) in [6.07, 6.45) is 3.76. The highest BCUT2D eigenvalue weighted by Crippen LogP contribution is 2.36. The number of benzene rings is 1. The summed E-state index contributed by atoms with van der Waals surface area (Å²) >= 11 is 3.21. The van der Waals surface area contributed by atoms with E-state index in [0.717, 1.165) is 26.3 Å². The first-order chi connectivity index (χ1) is 13.0. The van der Waals surface area contributed by atoms with Crippen molar-refractivity contribution < 1.29 is 4.74 Å². The minimum Gasteiger partial charge on any atom is -0.492 e. The fourth-order valence-corrected chi connectivity index (χ4v) is 4.40. The van der Waals surface area contributed by atoms with Crippen LogP contribution in [0.1, 0.15) is 23.7 Å². The van der Waals surface area contributed by atoms with Crippen molar-refractivity contribution in [3.63, 3.8) is 0 Å². The van der Waals surface area contributed by atoms with Gasteiger partial charge in [-0.2, -0.15) is 0 Å². The van der Waals surface area contributed by atoms with E-state index in [0.29, 0.717) is 18.3 Å². The molecule has 3 aromatic rings. The third-order valence-electron chi connectivity index (χ3n) is 3.72. The predicted molar refractivity (Wildman–Crippen MR) is 115 cm³/mol. The Kier molecular flexibility index (Phi) is 6.13. The molecule has 0 amide bonds. The molecule has 0 fully saturated rings. The van der Waals surface area contributed by atoms with E-state index in [4.69, 9.17) is 9.72 Å². The lowest BCUT2D eigenvalue weighted by molar-refractivity contribution is 0.297. The van der Waals surface area contributed by atoms with Crippen LogP contribution in [0.3, 0.4) is 0 Å². The molecule has 3 rings (SSSR count). The lowest BCUT2D eigenvalue weighted by Gasteiger charge is -2.07. The first-order valence-corrected chi connectivity index (χ1v) is 10.6. The van der Waals surface area contributed by atoms with E-state index in [1.54, 1.807) is 29.3 Å². The fourth-order valence-electron chi connectivity index (χ4n) is 2.69. The number of anilines is 2. The summed E-state index contributed by atoms with van der Waals surface area (Å²) in [5, 5.41) is 4.10. The third-order valence-corrected chi connectivity index (χ3v) is 5.90. The van der Waals surface area contributed by atoms with Crippen LogP contribution in [0.4, 0.5) is 11.6 Å². The second-order valence-electron chi connectivity index (χ2n) is 5.98. The molecule has 0 saturated heterocycles. The molecule has 0 saturated carbocycles. The monoisotopic (exact) mass is 398 g/mol. The van der Waals surface area contributed by atoms with Crippen LogP contribution in [0.15, 0.2) is 41.3 Å². The first kappa shape index (κ1) is 19.4. The zero-order chi connectivity index (χ0) is 19.4. The lowest BCUT2D eigenvalue weighted by atomic mass is 10.1. The van der Waals surface area contributed by atoms with Crippen LogP contribution in [-0.4, -0.2) is 27.8 Å². The van der Waals surface area contributed by atoms with Gasteiger partial charge in [-0.3, -0.25) is 0 Å². The average Bonchev–Trinajstić information content (AvgIpc) is 3.06. The fraction of sp³-hybridized carbons (Fsp3) is 0.250. The van der Waals surface area contributed by atoms with Gasteiger partial charge in [0, 0.05) is 11.9 Å². The summed E-state index contributed by atoms with van der Waals surface area (Å²) in [5.41, 5.74) is 4.91. The van der Waals surface area contributed by atoms with E-state index < -0.39 is 0 Å². The zero-order valence-corrected chi connectivity index (χ0v) is 17.5. The van der Waals surface area contributed by atoms with E-state index in [9.17, 15) is 0 Å². The summed E-state index contributed by atoms with van der Waals surface area (Å²) in [6, 6.07) is 8.14. The summed E-state index contributed by atoms with van der Waals surface area (Å²) in [5.74, 6) is 1.13. The van der Waals surface area contributed by atoms with Crippen LogP contribution in [0, 0.1) is 13.8 Å². The van der Waals surface area contributed by atoms with Crippen LogP contribution >= 0.6 is 23.1 Å². The largest absolute Gasteiger partial charge is 0.492 e. The number of hydrogen-bond acceptors (Lipinski definition) is 7. The Balaban J connectivity index is 1.90. The molecule has 0 bridgehead atoms. The molecule has 0 atom stereocenters. The Morgan fingerprint density at radius 2 is 1.96 bits per heavy atom. The Hall–Kier alpha value is -2.38. The normalized spacial score (nSPS) is 10.7. The third kappa shape index (κ3) is 4.67. The van der Waals surface area contributed by atoms with Crippen molar-refractivity contribution in [3.8, 4) is 10.7 Å². The van der Waals surface area contributed by atoms with Gasteiger partial charge in [-0.15, -0.1) is 23.1 Å². The van der Waals surface area contributed by atoms with Gasteiger partial charge in [-0.1, -0.05) is 12.6 Å². The van der Waals surface area contributed by atoms with Crippen LogP contribution in [0.25, 0.3) is 16.5 Å². The van der Waals surface area contributed by atoms with Crippen molar-refractivity contribution in [2.45, 2.75) is 25.0 Å². The highest BCUT2D eigenvalue weighted by atomic mass is 32.2. The molecule has 0 unspecified atom stereocenters. The lowest BCUT2D eigenvalue weighted by Crippen LogP contribution is -1.98. The van der Waals surface area contributed by atoms with Gasteiger partial charge < -0.3 is 10.1 Å². The molecule has 0 spiro atoms. The molecule has 0 radical (unpaired) electrons. The number of thioether (sulfide) groups is 1. The number of thiazole rings is 1. The van der Waals surface area contributed by atoms with Crippen LogP contribution in [-0.2, 0) is 4.74 Å². The summed E-state index contributed by atoms with van der Waals surface area (Å²) in [7, 11) is 0. The highest BCUT2D eigenvalue weighted by Gasteiger charge is 2.16. The maximum atomic E-state index is 5.54. The van der Waals surface area contributed by atoms with Crippen LogP contribution in [0.5, 0.6) is 0 Å². The molecular weight excluding hydrogens is 376 g/mol. The zero-order valence-electron chi connectivity index (χ0n) is 15.9. The minimum absolute atomic E-state index is 0.545. The van der Waals surface area contributed by atoms with E-state index in [1.165, 1.54) is 11.1 Å². The second-order valence-corrected chi connectivity index (χ2v) is 8.06. The van der Waals surface area contributed by atoms with Gasteiger partial charge in [0.25, 0.3) is 0 Å². The van der Waals surface area contributed by atoms with Crippen molar-refractivity contribution in [3.05, 3.63) is 53.9 Å². The Bertz CT molecular complexity index is 948. The van der Waals surface area contributed by atoms with Gasteiger partial charge in [-0.25, -0.2) is 15.0 Å². The maximum absolute atomic E-state index is 5.54. The number of hydrogen-bond donors (Lipinski definition) is 1. The van der Waals surface area contributed by atoms with Gasteiger partial charge in [0.15, 0.2) is 0 Å². The van der Waals surface area contributed by atoms with Crippen molar-refractivity contribution in [2.24, 2.45) is 0 Å². The SMILES string of the molecule is C=C(OCC)c1nc(-c2ccnc(Nc3cc(C)cc(C)c3)n2)sc1SC. The number of rotatable bonds is 7. The molecule has 1 aromatic carbocycles. The molecule has 0 aliphatic carbocycles. The molecule has 0 aliphatic heterocycles. The van der Waals surface area contributed by atoms with Crippen molar-refractivity contribution >= 4 is 40.5 Å². The topological polar surface area (TPSA) is 59.9 Å². The number of nitrogens with zero attached hydrogens (tertiary/aromatic N) is 3. The van der Waals surface area contributed by atoms with Crippen molar-refractivity contribution in [1.82, 2.24) is 15.0 Å². The van der Waals surface area contributed by atoms with Crippen molar-refractivity contribution in [1.29, 1.82) is 0 Å². The van der Waals surface area contributed by atoms with Crippen molar-refractivity contribution in [2.75, 3.05) is 18.2 Å². The molecule has 5 nitrogen and oxygen atoms in total. The average molecular weight is 399 g/mol. The Labute approximate surface area is 167 Å². The van der Waals surface area contributed by atoms with Crippen LogP contribution < -0.4 is 5.32 Å². The molecule has 0 aliphatic rings. The van der Waals surface area contributed by atoms with E-state index in [2.05, 4.69) is 53.9 Å². The smallest absolute Gasteiger partial charge is 0.227 e. The quantitative estimate of drug-likeness (QED) is 0.407. The van der Waals surface area contributed by atoms with Gasteiger partial charge >= 0.3 is 0 Å². The summed E-state index contributed by atoms with van der Waals surface area (Å²) in [4.78, 5) is 13.7. The highest BCUT2D eigenvalue weighted by molar-refractivity contribution is 8.00. The summed E-state index contributed by atoms with van der Waals surface area (Å²) < 4.78 is 6.60. The van der Waals surface area contributed by atoms with Gasteiger partial charge in [-0.05, 0) is 56.4 Å². The molecule has 2 aromatic heterocycles. The summed E-state index contributed by atoms with van der Waals surface area (Å²) in [6.45, 7) is 10.6. The van der Waals surface area contributed by atoms with E-state index in [-0.39, 0.29) is 0 Å². The van der Waals surface area contributed by atoms with Crippen LogP contribution in [0.2, 0.25) is 0 Å². The maximum Gasteiger partial charge on any atom is 0.227 e. The minimum atomic E-state index is 0.545. The molecular formula is C20H22N4OS2. The molecule has 2 heterocycles. The van der Waals surface area contributed by atoms with Gasteiger partial charge in [0.2, 0.25) is 5.95 Å². The molecule has 140 valence electrons.